The van der Waals surface area contributed by atoms with Crippen LogP contribution >= 0.6 is 24.0 Å². The first-order chi connectivity index (χ1) is 11.5. The second-order valence-corrected chi connectivity index (χ2v) is 6.97. The molecule has 4 nitrogen and oxygen atoms in total. The molecule has 0 bridgehead atoms. The van der Waals surface area contributed by atoms with Crippen LogP contribution in [0.15, 0.2) is 52.2 Å². The third-order valence-electron chi connectivity index (χ3n) is 3.39. The summed E-state index contributed by atoms with van der Waals surface area (Å²) in [7, 11) is 0. The van der Waals surface area contributed by atoms with Gasteiger partial charge >= 0.3 is 0 Å². The Balaban J connectivity index is 0.00000100. The molecular formula is C18H16N2O2S2. The van der Waals surface area contributed by atoms with E-state index < -0.39 is 0 Å². The molecule has 0 fully saturated rings. The second-order valence-electron chi connectivity index (χ2n) is 4.98. The number of thiocarbonyl (C=S) groups is 1. The van der Waals surface area contributed by atoms with Crippen molar-refractivity contribution in [2.45, 2.75) is 6.92 Å². The molecule has 1 heterocycles. The van der Waals surface area contributed by atoms with Crippen LogP contribution in [0.25, 0.3) is 27.8 Å². The van der Waals surface area contributed by atoms with Crippen molar-refractivity contribution in [2.24, 2.45) is 5.73 Å². The predicted molar refractivity (Wildman–Crippen MR) is 107 cm³/mol. The highest BCUT2D eigenvalue weighted by Gasteiger charge is 2.05. The van der Waals surface area contributed by atoms with Gasteiger partial charge in [0.1, 0.15) is 11.1 Å². The maximum Gasteiger partial charge on any atom is 0.256 e. The van der Waals surface area contributed by atoms with Gasteiger partial charge < -0.3 is 15.5 Å². The van der Waals surface area contributed by atoms with Gasteiger partial charge in [0.2, 0.25) is 0 Å². The molecule has 3 rings (SSSR count). The smallest absolute Gasteiger partial charge is 0.256 e. The SMILES string of the molecule is C/C(=C/c1ccc2[nH]c(=O)c3ccccc3c2c1)SC(N)=S.C=O. The molecule has 1 aromatic heterocycles. The van der Waals surface area contributed by atoms with Gasteiger partial charge in [0, 0.05) is 16.3 Å². The molecule has 0 aliphatic carbocycles. The van der Waals surface area contributed by atoms with Crippen molar-refractivity contribution >= 4 is 62.8 Å². The van der Waals surface area contributed by atoms with Crippen molar-refractivity contribution in [1.29, 1.82) is 0 Å². The van der Waals surface area contributed by atoms with Crippen LogP contribution in [0.3, 0.4) is 0 Å². The Hall–Kier alpha value is -2.44. The van der Waals surface area contributed by atoms with Crippen LogP contribution in [-0.2, 0) is 4.79 Å². The fourth-order valence-electron chi connectivity index (χ4n) is 2.51. The topological polar surface area (TPSA) is 75.9 Å². The summed E-state index contributed by atoms with van der Waals surface area (Å²) < 4.78 is 0.407. The molecule has 122 valence electrons. The standard InChI is InChI=1S/C17H14N2OS2.CH2O/c1-10(22-17(18)21)8-11-6-7-15-14(9-11)12-4-2-3-5-13(12)16(20)19-15;1-2/h2-9H,1H3,(H2,18,21)(H,19,20);1H2/b10-8-;. The Morgan fingerprint density at radius 3 is 2.50 bits per heavy atom. The van der Waals surface area contributed by atoms with Crippen LogP contribution in [0.5, 0.6) is 0 Å². The average molecular weight is 356 g/mol. The van der Waals surface area contributed by atoms with E-state index in [1.54, 1.807) is 0 Å². The normalized spacial score (nSPS) is 11.1. The number of thioether (sulfide) groups is 1. The fourth-order valence-corrected chi connectivity index (χ4v) is 3.42. The largest absolute Gasteiger partial charge is 0.384 e. The summed E-state index contributed by atoms with van der Waals surface area (Å²) in [6.07, 6.45) is 2.03. The molecule has 6 heteroatoms. The van der Waals surface area contributed by atoms with Crippen molar-refractivity contribution in [3.63, 3.8) is 0 Å². The van der Waals surface area contributed by atoms with E-state index in [9.17, 15) is 4.79 Å². The van der Waals surface area contributed by atoms with Crippen molar-refractivity contribution < 1.29 is 4.79 Å². The fraction of sp³-hybridized carbons (Fsp3) is 0.0556. The summed E-state index contributed by atoms with van der Waals surface area (Å²) >= 11 is 6.28. The zero-order valence-electron chi connectivity index (χ0n) is 13.0. The molecule has 24 heavy (non-hydrogen) atoms. The first-order valence-corrected chi connectivity index (χ1v) is 8.26. The van der Waals surface area contributed by atoms with Gasteiger partial charge in [-0.3, -0.25) is 4.79 Å². The molecule has 3 N–H and O–H groups in total. The molecule has 0 saturated carbocycles. The van der Waals surface area contributed by atoms with E-state index in [2.05, 4.69) is 11.1 Å². The zero-order valence-corrected chi connectivity index (χ0v) is 14.7. The van der Waals surface area contributed by atoms with Crippen LogP contribution < -0.4 is 11.3 Å². The third-order valence-corrected chi connectivity index (χ3v) is 4.28. The van der Waals surface area contributed by atoms with E-state index in [4.69, 9.17) is 22.7 Å². The number of pyridine rings is 1. The Morgan fingerprint density at radius 2 is 1.83 bits per heavy atom. The van der Waals surface area contributed by atoms with Crippen LogP contribution in [0.4, 0.5) is 0 Å². The molecular weight excluding hydrogens is 340 g/mol. The summed E-state index contributed by atoms with van der Waals surface area (Å²) in [5.74, 6) is 0. The molecule has 0 radical (unpaired) electrons. The third kappa shape index (κ3) is 3.90. The molecule has 0 spiro atoms. The van der Waals surface area contributed by atoms with E-state index in [0.29, 0.717) is 9.71 Å². The molecule has 0 atom stereocenters. The Bertz CT molecular complexity index is 993. The first-order valence-electron chi connectivity index (χ1n) is 7.04. The molecule has 0 amide bonds. The summed E-state index contributed by atoms with van der Waals surface area (Å²) in [6, 6.07) is 13.6. The Morgan fingerprint density at radius 1 is 1.17 bits per heavy atom. The number of aromatic nitrogens is 1. The zero-order chi connectivity index (χ0) is 17.7. The number of rotatable bonds is 2. The van der Waals surface area contributed by atoms with E-state index in [1.165, 1.54) is 11.8 Å². The number of H-pyrrole nitrogens is 1. The maximum atomic E-state index is 12.1. The average Bonchev–Trinajstić information content (AvgIpc) is 2.57. The summed E-state index contributed by atoms with van der Waals surface area (Å²) in [4.78, 5) is 24.0. The Labute approximate surface area is 148 Å². The molecule has 0 unspecified atom stereocenters. The second kappa shape index (κ2) is 7.90. The highest BCUT2D eigenvalue weighted by molar-refractivity contribution is 8.25. The van der Waals surface area contributed by atoms with Crippen molar-refractivity contribution in [3.05, 3.63) is 63.3 Å². The van der Waals surface area contributed by atoms with Crippen LogP contribution in [-0.4, -0.2) is 16.1 Å². The number of nitrogens with one attached hydrogen (secondary N) is 1. The van der Waals surface area contributed by atoms with Gasteiger partial charge in [-0.1, -0.05) is 48.2 Å². The summed E-state index contributed by atoms with van der Waals surface area (Å²) in [5.41, 5.74) is 7.36. The molecule has 2 aromatic carbocycles. The number of carbonyl (C=O) groups excluding carboxylic acids is 1. The number of allylic oxidation sites excluding steroid dienone is 1. The van der Waals surface area contributed by atoms with Crippen LogP contribution in [0.2, 0.25) is 0 Å². The van der Waals surface area contributed by atoms with Gasteiger partial charge in [-0.2, -0.15) is 0 Å². The summed E-state index contributed by atoms with van der Waals surface area (Å²) in [6.45, 7) is 3.97. The lowest BCUT2D eigenvalue weighted by atomic mass is 10.0. The summed E-state index contributed by atoms with van der Waals surface area (Å²) in [5, 5.41) is 2.68. The van der Waals surface area contributed by atoms with Crippen molar-refractivity contribution in [2.75, 3.05) is 0 Å². The van der Waals surface area contributed by atoms with Crippen molar-refractivity contribution in [1.82, 2.24) is 4.98 Å². The van der Waals surface area contributed by atoms with E-state index in [1.807, 2.05) is 56.2 Å². The Kier molecular flexibility index (Phi) is 5.89. The van der Waals surface area contributed by atoms with Crippen LogP contribution in [0.1, 0.15) is 12.5 Å². The van der Waals surface area contributed by atoms with Gasteiger partial charge in [-0.25, -0.2) is 0 Å². The van der Waals surface area contributed by atoms with Gasteiger partial charge in [0.05, 0.1) is 0 Å². The minimum atomic E-state index is -0.0633. The van der Waals surface area contributed by atoms with E-state index >= 15 is 0 Å². The van der Waals surface area contributed by atoms with Gasteiger partial charge in [0.15, 0.2) is 0 Å². The molecule has 0 aliphatic heterocycles. The van der Waals surface area contributed by atoms with Crippen LogP contribution in [0, 0.1) is 0 Å². The van der Waals surface area contributed by atoms with E-state index in [-0.39, 0.29) is 5.56 Å². The van der Waals surface area contributed by atoms with Gasteiger partial charge in [-0.15, -0.1) is 0 Å². The molecule has 0 saturated heterocycles. The first kappa shape index (κ1) is 17.9. The maximum absolute atomic E-state index is 12.1. The van der Waals surface area contributed by atoms with E-state index in [0.717, 1.165) is 26.8 Å². The minimum Gasteiger partial charge on any atom is -0.384 e. The van der Waals surface area contributed by atoms with Crippen molar-refractivity contribution in [3.8, 4) is 0 Å². The number of hydrogen-bond acceptors (Lipinski definition) is 4. The lowest BCUT2D eigenvalue weighted by molar-refractivity contribution is -0.0979. The lowest BCUT2D eigenvalue weighted by Gasteiger charge is -2.05. The molecule has 0 aliphatic rings. The highest BCUT2D eigenvalue weighted by atomic mass is 32.2. The number of aromatic amines is 1. The minimum absolute atomic E-state index is 0.0633. The monoisotopic (exact) mass is 356 g/mol. The lowest BCUT2D eigenvalue weighted by Crippen LogP contribution is -2.06. The highest BCUT2D eigenvalue weighted by Crippen LogP contribution is 2.25. The van der Waals surface area contributed by atoms with Gasteiger partial charge in [0.25, 0.3) is 5.56 Å². The number of benzene rings is 2. The molecule has 3 aromatic rings. The predicted octanol–water partition coefficient (Wildman–Crippen LogP) is 3.83. The van der Waals surface area contributed by atoms with Gasteiger partial charge in [-0.05, 0) is 47.1 Å². The number of nitrogens with two attached hydrogens (primary N) is 1. The number of carbonyl (C=O) groups is 1. The number of hydrogen-bond donors (Lipinski definition) is 2. The number of fused-ring (bicyclic) bond motifs is 3. The quantitative estimate of drug-likeness (QED) is 0.539.